The fourth-order valence-electron chi connectivity index (χ4n) is 3.99. The van der Waals surface area contributed by atoms with E-state index in [-0.39, 0.29) is 0 Å². The molecule has 0 spiro atoms. The van der Waals surface area contributed by atoms with E-state index < -0.39 is 0 Å². The Balaban J connectivity index is 1.89. The summed E-state index contributed by atoms with van der Waals surface area (Å²) in [6, 6.07) is 0.585. The van der Waals surface area contributed by atoms with Gasteiger partial charge in [-0.2, -0.15) is 0 Å². The van der Waals surface area contributed by atoms with Gasteiger partial charge in [-0.05, 0) is 56.0 Å². The summed E-state index contributed by atoms with van der Waals surface area (Å²) < 4.78 is 0. The third kappa shape index (κ3) is 5.22. The highest BCUT2D eigenvalue weighted by molar-refractivity contribution is 4.90. The van der Waals surface area contributed by atoms with E-state index in [1.807, 2.05) is 0 Å². The molecule has 1 aliphatic carbocycles. The summed E-state index contributed by atoms with van der Waals surface area (Å²) in [6.07, 6.45) is 7.92. The van der Waals surface area contributed by atoms with Crippen LogP contribution in [0.15, 0.2) is 0 Å². The van der Waals surface area contributed by atoms with E-state index in [1.54, 1.807) is 0 Å². The first kappa shape index (κ1) is 17.2. The van der Waals surface area contributed by atoms with Gasteiger partial charge in [-0.25, -0.2) is 0 Å². The van der Waals surface area contributed by atoms with Crippen molar-refractivity contribution in [3.8, 4) is 0 Å². The number of nitrogens with one attached hydrogen (secondary N) is 1. The van der Waals surface area contributed by atoms with Crippen LogP contribution in [0, 0.1) is 17.3 Å². The predicted molar refractivity (Wildman–Crippen MR) is 89.5 cm³/mol. The van der Waals surface area contributed by atoms with Gasteiger partial charge in [-0.3, -0.25) is 0 Å². The Morgan fingerprint density at radius 1 is 1.14 bits per heavy atom. The van der Waals surface area contributed by atoms with Crippen molar-refractivity contribution in [1.82, 2.24) is 10.2 Å². The van der Waals surface area contributed by atoms with Gasteiger partial charge >= 0.3 is 0 Å². The fraction of sp³-hybridized carbons (Fsp3) is 1.00. The van der Waals surface area contributed by atoms with Crippen LogP contribution < -0.4 is 5.32 Å². The molecule has 124 valence electrons. The van der Waals surface area contributed by atoms with Crippen LogP contribution in [0.3, 0.4) is 0 Å². The largest absolute Gasteiger partial charge is 0.396 e. The molecule has 21 heavy (non-hydrogen) atoms. The number of hydrogen-bond acceptors (Lipinski definition) is 3. The van der Waals surface area contributed by atoms with Gasteiger partial charge < -0.3 is 15.3 Å². The Hall–Kier alpha value is -0.120. The maximum atomic E-state index is 9.30. The Kier molecular flexibility index (Phi) is 6.51. The van der Waals surface area contributed by atoms with Gasteiger partial charge in [0.05, 0.1) is 0 Å². The molecule has 2 fully saturated rings. The van der Waals surface area contributed by atoms with E-state index in [1.165, 1.54) is 64.7 Å². The molecule has 1 saturated heterocycles. The Morgan fingerprint density at radius 3 is 2.29 bits per heavy atom. The standard InChI is InChI=1S/C18H36N2O/c1-15(2)19-13-18(8-4-16(3)5-9-18)14-20-10-6-17(12-21)7-11-20/h15-17,19,21H,4-14H2,1-3H3. The zero-order chi connectivity index (χ0) is 15.3. The second-order valence-corrected chi connectivity index (χ2v) is 8.12. The van der Waals surface area contributed by atoms with E-state index in [0.29, 0.717) is 24.0 Å². The van der Waals surface area contributed by atoms with Gasteiger partial charge in [0.1, 0.15) is 0 Å². The van der Waals surface area contributed by atoms with Crippen molar-refractivity contribution in [3.63, 3.8) is 0 Å². The highest BCUT2D eigenvalue weighted by Crippen LogP contribution is 2.39. The van der Waals surface area contributed by atoms with Crippen LogP contribution >= 0.6 is 0 Å². The minimum Gasteiger partial charge on any atom is -0.396 e. The van der Waals surface area contributed by atoms with Crippen LogP contribution in [0.2, 0.25) is 0 Å². The lowest BCUT2D eigenvalue weighted by Crippen LogP contribution is -2.49. The van der Waals surface area contributed by atoms with Crippen molar-refractivity contribution >= 4 is 0 Å². The maximum absolute atomic E-state index is 9.30. The summed E-state index contributed by atoms with van der Waals surface area (Å²) in [5, 5.41) is 13.0. The monoisotopic (exact) mass is 296 g/mol. The summed E-state index contributed by atoms with van der Waals surface area (Å²) in [5.41, 5.74) is 0.489. The molecule has 2 N–H and O–H groups in total. The molecular formula is C18H36N2O. The minimum absolute atomic E-state index is 0.380. The SMILES string of the molecule is CC1CCC(CNC(C)C)(CN2CCC(CO)CC2)CC1. The molecule has 0 atom stereocenters. The summed E-state index contributed by atoms with van der Waals surface area (Å²) in [6.45, 7) is 12.1. The smallest absolute Gasteiger partial charge is 0.0460 e. The van der Waals surface area contributed by atoms with E-state index in [0.717, 1.165) is 5.92 Å². The van der Waals surface area contributed by atoms with E-state index in [2.05, 4.69) is 31.0 Å². The van der Waals surface area contributed by atoms with Gasteiger partial charge in [-0.1, -0.05) is 33.6 Å². The van der Waals surface area contributed by atoms with E-state index >= 15 is 0 Å². The minimum atomic E-state index is 0.380. The van der Waals surface area contributed by atoms with E-state index in [9.17, 15) is 5.11 Å². The van der Waals surface area contributed by atoms with Crippen LogP contribution in [0.1, 0.15) is 59.3 Å². The molecule has 2 rings (SSSR count). The van der Waals surface area contributed by atoms with Crippen LogP contribution in [-0.2, 0) is 0 Å². The summed E-state index contributed by atoms with van der Waals surface area (Å²) in [5.74, 6) is 1.47. The Bertz CT molecular complexity index is 290. The molecule has 2 aliphatic rings. The molecule has 0 bridgehead atoms. The first-order valence-electron chi connectivity index (χ1n) is 9.09. The van der Waals surface area contributed by atoms with Crippen LogP contribution in [0.25, 0.3) is 0 Å². The third-order valence-electron chi connectivity index (χ3n) is 5.74. The lowest BCUT2D eigenvalue weighted by molar-refractivity contribution is 0.0557. The molecule has 3 nitrogen and oxygen atoms in total. The Labute approximate surface area is 131 Å². The lowest BCUT2D eigenvalue weighted by atomic mass is 9.70. The molecule has 0 amide bonds. The second-order valence-electron chi connectivity index (χ2n) is 8.12. The molecule has 1 heterocycles. The Morgan fingerprint density at radius 2 is 1.76 bits per heavy atom. The van der Waals surface area contributed by atoms with E-state index in [4.69, 9.17) is 0 Å². The maximum Gasteiger partial charge on any atom is 0.0460 e. The average molecular weight is 296 g/mol. The molecule has 0 aromatic rings. The van der Waals surface area contributed by atoms with Gasteiger partial charge in [0, 0.05) is 25.7 Å². The molecule has 0 unspecified atom stereocenters. The van der Waals surface area contributed by atoms with Gasteiger partial charge in [0.2, 0.25) is 0 Å². The number of hydrogen-bond donors (Lipinski definition) is 2. The van der Waals surface area contributed by atoms with Crippen LogP contribution in [-0.4, -0.2) is 48.8 Å². The molecular weight excluding hydrogens is 260 g/mol. The molecule has 0 aromatic carbocycles. The summed E-state index contributed by atoms with van der Waals surface area (Å²) >= 11 is 0. The van der Waals surface area contributed by atoms with Gasteiger partial charge in [0.15, 0.2) is 0 Å². The topological polar surface area (TPSA) is 35.5 Å². The highest BCUT2D eigenvalue weighted by Gasteiger charge is 2.36. The van der Waals surface area contributed by atoms with Gasteiger partial charge in [0.25, 0.3) is 0 Å². The second kappa shape index (κ2) is 7.94. The number of likely N-dealkylation sites (tertiary alicyclic amines) is 1. The highest BCUT2D eigenvalue weighted by atomic mass is 16.3. The van der Waals surface area contributed by atoms with Gasteiger partial charge in [-0.15, -0.1) is 0 Å². The summed E-state index contributed by atoms with van der Waals surface area (Å²) in [7, 11) is 0. The molecule has 3 heteroatoms. The van der Waals surface area contributed by atoms with Crippen molar-refractivity contribution in [1.29, 1.82) is 0 Å². The fourth-order valence-corrected chi connectivity index (χ4v) is 3.99. The number of nitrogens with zero attached hydrogens (tertiary/aromatic N) is 1. The zero-order valence-electron chi connectivity index (χ0n) is 14.4. The number of piperidine rings is 1. The zero-order valence-corrected chi connectivity index (χ0v) is 14.4. The first-order chi connectivity index (χ1) is 10.0. The quantitative estimate of drug-likeness (QED) is 0.791. The number of aliphatic hydroxyl groups is 1. The normalized spacial score (nSPS) is 32.7. The lowest BCUT2D eigenvalue weighted by Gasteiger charge is -2.45. The van der Waals surface area contributed by atoms with Crippen molar-refractivity contribution < 1.29 is 5.11 Å². The van der Waals surface area contributed by atoms with Crippen molar-refractivity contribution in [3.05, 3.63) is 0 Å². The first-order valence-corrected chi connectivity index (χ1v) is 9.09. The van der Waals surface area contributed by atoms with Crippen molar-refractivity contribution in [2.75, 3.05) is 32.8 Å². The predicted octanol–water partition coefficient (Wildman–Crippen LogP) is 2.89. The van der Waals surface area contributed by atoms with Crippen LogP contribution in [0.4, 0.5) is 0 Å². The van der Waals surface area contributed by atoms with Crippen molar-refractivity contribution in [2.24, 2.45) is 17.3 Å². The van der Waals surface area contributed by atoms with Crippen molar-refractivity contribution in [2.45, 2.75) is 65.3 Å². The molecule has 1 saturated carbocycles. The molecule has 0 radical (unpaired) electrons. The average Bonchev–Trinajstić information content (AvgIpc) is 2.49. The number of rotatable bonds is 6. The van der Waals surface area contributed by atoms with Crippen LogP contribution in [0.5, 0.6) is 0 Å². The third-order valence-corrected chi connectivity index (χ3v) is 5.74. The summed E-state index contributed by atoms with van der Waals surface area (Å²) in [4.78, 5) is 2.67. The number of aliphatic hydroxyl groups excluding tert-OH is 1. The molecule has 0 aromatic heterocycles. The molecule has 1 aliphatic heterocycles.